The lowest BCUT2D eigenvalue weighted by atomic mass is 10.1. The van der Waals surface area contributed by atoms with Crippen molar-refractivity contribution in [2.24, 2.45) is 0 Å². The van der Waals surface area contributed by atoms with Crippen LogP contribution in [0.5, 0.6) is 11.5 Å². The maximum absolute atomic E-state index is 12.1. The molecule has 0 unspecified atom stereocenters. The summed E-state index contributed by atoms with van der Waals surface area (Å²) < 4.78 is 11.4. The van der Waals surface area contributed by atoms with E-state index in [4.69, 9.17) is 32.7 Å². The van der Waals surface area contributed by atoms with Crippen LogP contribution >= 0.6 is 23.2 Å². The van der Waals surface area contributed by atoms with Gasteiger partial charge in [0.15, 0.2) is 0 Å². The monoisotopic (exact) mass is 457 g/mol. The van der Waals surface area contributed by atoms with Gasteiger partial charge in [0, 0.05) is 17.1 Å². The van der Waals surface area contributed by atoms with Gasteiger partial charge in [-0.1, -0.05) is 53.5 Å². The number of ether oxygens (including phenoxy) is 2. The summed E-state index contributed by atoms with van der Waals surface area (Å²) in [5.41, 5.74) is 2.05. The summed E-state index contributed by atoms with van der Waals surface area (Å²) in [6, 6.07) is 22.8. The molecule has 0 aromatic heterocycles. The Bertz CT molecular complexity index is 962. The van der Waals surface area contributed by atoms with Gasteiger partial charge in [-0.3, -0.25) is 4.79 Å². The average Bonchev–Trinajstić information content (AvgIpc) is 2.77. The second-order valence-corrected chi connectivity index (χ2v) is 7.88. The summed E-state index contributed by atoms with van der Waals surface area (Å²) >= 11 is 11.9. The van der Waals surface area contributed by atoms with Crippen molar-refractivity contribution in [3.63, 3.8) is 0 Å². The Morgan fingerprint density at radius 2 is 1.58 bits per heavy atom. The first-order valence-electron chi connectivity index (χ1n) is 10.2. The van der Waals surface area contributed by atoms with Crippen LogP contribution in [0.1, 0.15) is 24.8 Å². The van der Waals surface area contributed by atoms with Gasteiger partial charge >= 0.3 is 0 Å². The molecule has 0 spiro atoms. The molecule has 0 radical (unpaired) electrons. The van der Waals surface area contributed by atoms with Crippen LogP contribution in [-0.2, 0) is 11.2 Å². The molecule has 0 atom stereocenters. The molecule has 3 rings (SSSR count). The Balaban J connectivity index is 1.32. The Labute approximate surface area is 193 Å². The fourth-order valence-electron chi connectivity index (χ4n) is 2.98. The van der Waals surface area contributed by atoms with E-state index >= 15 is 0 Å². The number of anilines is 1. The Morgan fingerprint density at radius 3 is 2.32 bits per heavy atom. The fraction of sp³-hybridized carbons (Fsp3) is 0.240. The standard InChI is InChI=1S/C25H25Cl2NO3/c26-20-10-15-24(23(27)18-20)31-17-5-9-25(29)28-21-11-13-22(14-12-21)30-16-4-8-19-6-2-1-3-7-19/h1-3,6-7,10-15,18H,4-5,8-9,16-17H2,(H,28,29). The average molecular weight is 458 g/mol. The quantitative estimate of drug-likeness (QED) is 0.322. The van der Waals surface area contributed by atoms with Crippen LogP contribution in [0.4, 0.5) is 5.69 Å². The number of carbonyl (C=O) groups is 1. The Hall–Kier alpha value is -2.69. The lowest BCUT2D eigenvalue weighted by molar-refractivity contribution is -0.116. The van der Waals surface area contributed by atoms with Crippen molar-refractivity contribution in [3.8, 4) is 11.5 Å². The molecular weight excluding hydrogens is 433 g/mol. The summed E-state index contributed by atoms with van der Waals surface area (Å²) in [5.74, 6) is 1.28. The third-order valence-corrected chi connectivity index (χ3v) is 5.09. The van der Waals surface area contributed by atoms with Crippen LogP contribution in [0.2, 0.25) is 10.0 Å². The smallest absolute Gasteiger partial charge is 0.224 e. The third-order valence-electron chi connectivity index (χ3n) is 4.56. The first-order chi connectivity index (χ1) is 15.1. The maximum Gasteiger partial charge on any atom is 0.224 e. The summed E-state index contributed by atoms with van der Waals surface area (Å²) in [4.78, 5) is 12.1. The van der Waals surface area contributed by atoms with Gasteiger partial charge in [0.05, 0.1) is 18.2 Å². The molecule has 6 heteroatoms. The predicted octanol–water partition coefficient (Wildman–Crippen LogP) is 6.80. The highest BCUT2D eigenvalue weighted by Gasteiger charge is 2.05. The number of benzene rings is 3. The molecule has 0 aliphatic heterocycles. The fourth-order valence-corrected chi connectivity index (χ4v) is 3.44. The van der Waals surface area contributed by atoms with Gasteiger partial charge in [-0.05, 0) is 67.3 Å². The Kier molecular flexibility index (Phi) is 9.07. The number of hydrogen-bond donors (Lipinski definition) is 1. The van der Waals surface area contributed by atoms with Gasteiger partial charge in [-0.25, -0.2) is 0 Å². The number of aryl methyl sites for hydroxylation is 1. The highest BCUT2D eigenvalue weighted by molar-refractivity contribution is 6.35. The van der Waals surface area contributed by atoms with E-state index in [1.54, 1.807) is 18.2 Å². The molecule has 4 nitrogen and oxygen atoms in total. The van der Waals surface area contributed by atoms with Gasteiger partial charge in [0.25, 0.3) is 0 Å². The van der Waals surface area contributed by atoms with E-state index in [0.29, 0.717) is 41.9 Å². The van der Waals surface area contributed by atoms with Crippen LogP contribution in [0, 0.1) is 0 Å². The van der Waals surface area contributed by atoms with E-state index in [1.165, 1.54) is 5.56 Å². The highest BCUT2D eigenvalue weighted by Crippen LogP contribution is 2.27. The number of rotatable bonds is 11. The zero-order valence-corrected chi connectivity index (χ0v) is 18.7. The summed E-state index contributed by atoms with van der Waals surface area (Å²) in [6.45, 7) is 1.04. The number of amides is 1. The van der Waals surface area contributed by atoms with Gasteiger partial charge in [0.1, 0.15) is 11.5 Å². The van der Waals surface area contributed by atoms with Crippen molar-refractivity contribution in [3.05, 3.63) is 88.4 Å². The zero-order valence-electron chi connectivity index (χ0n) is 17.2. The van der Waals surface area contributed by atoms with E-state index in [0.717, 1.165) is 24.3 Å². The molecule has 162 valence electrons. The lowest BCUT2D eigenvalue weighted by Crippen LogP contribution is -2.12. The van der Waals surface area contributed by atoms with Crippen molar-refractivity contribution in [1.29, 1.82) is 0 Å². The molecule has 0 bridgehead atoms. The van der Waals surface area contributed by atoms with Crippen molar-refractivity contribution >= 4 is 34.8 Å². The predicted molar refractivity (Wildman–Crippen MR) is 127 cm³/mol. The van der Waals surface area contributed by atoms with Gasteiger partial charge in [0.2, 0.25) is 5.91 Å². The van der Waals surface area contributed by atoms with Crippen LogP contribution in [0.3, 0.4) is 0 Å². The van der Waals surface area contributed by atoms with Crippen molar-refractivity contribution in [2.75, 3.05) is 18.5 Å². The first kappa shape index (κ1) is 23.0. The van der Waals surface area contributed by atoms with Gasteiger partial charge < -0.3 is 14.8 Å². The van der Waals surface area contributed by atoms with E-state index in [9.17, 15) is 4.79 Å². The first-order valence-corrected chi connectivity index (χ1v) is 11.0. The lowest BCUT2D eigenvalue weighted by Gasteiger charge is -2.10. The van der Waals surface area contributed by atoms with Crippen LogP contribution in [0.25, 0.3) is 0 Å². The third kappa shape index (κ3) is 8.16. The second kappa shape index (κ2) is 12.2. The van der Waals surface area contributed by atoms with Gasteiger partial charge in [-0.2, -0.15) is 0 Å². The second-order valence-electron chi connectivity index (χ2n) is 7.04. The van der Waals surface area contributed by atoms with Crippen LogP contribution in [-0.4, -0.2) is 19.1 Å². The number of carbonyl (C=O) groups excluding carboxylic acids is 1. The van der Waals surface area contributed by atoms with Crippen molar-refractivity contribution < 1.29 is 14.3 Å². The van der Waals surface area contributed by atoms with Crippen molar-refractivity contribution in [1.82, 2.24) is 0 Å². The Morgan fingerprint density at radius 1 is 0.839 bits per heavy atom. The highest BCUT2D eigenvalue weighted by atomic mass is 35.5. The molecule has 0 aliphatic rings. The van der Waals surface area contributed by atoms with Crippen LogP contribution in [0.15, 0.2) is 72.8 Å². The largest absolute Gasteiger partial charge is 0.494 e. The van der Waals surface area contributed by atoms with Gasteiger partial charge in [-0.15, -0.1) is 0 Å². The molecule has 31 heavy (non-hydrogen) atoms. The molecule has 0 saturated carbocycles. The number of hydrogen-bond acceptors (Lipinski definition) is 3. The maximum atomic E-state index is 12.1. The molecule has 3 aromatic carbocycles. The summed E-state index contributed by atoms with van der Waals surface area (Å²) in [5, 5.41) is 3.90. The minimum absolute atomic E-state index is 0.0673. The van der Waals surface area contributed by atoms with E-state index in [-0.39, 0.29) is 5.91 Å². The minimum atomic E-state index is -0.0673. The van der Waals surface area contributed by atoms with E-state index < -0.39 is 0 Å². The minimum Gasteiger partial charge on any atom is -0.494 e. The molecule has 0 heterocycles. The molecule has 0 fully saturated rings. The molecular formula is C25H25Cl2NO3. The topological polar surface area (TPSA) is 47.6 Å². The molecule has 0 aliphatic carbocycles. The van der Waals surface area contributed by atoms with E-state index in [1.807, 2.05) is 42.5 Å². The summed E-state index contributed by atoms with van der Waals surface area (Å²) in [7, 11) is 0. The molecule has 1 N–H and O–H groups in total. The normalized spacial score (nSPS) is 10.5. The van der Waals surface area contributed by atoms with Crippen LogP contribution < -0.4 is 14.8 Å². The molecule has 0 saturated heterocycles. The summed E-state index contributed by atoms with van der Waals surface area (Å²) in [6.07, 6.45) is 2.87. The number of nitrogens with one attached hydrogen (secondary N) is 1. The number of halogens is 2. The van der Waals surface area contributed by atoms with Crippen molar-refractivity contribution in [2.45, 2.75) is 25.7 Å². The molecule has 1 amide bonds. The van der Waals surface area contributed by atoms with E-state index in [2.05, 4.69) is 17.4 Å². The zero-order chi connectivity index (χ0) is 21.9. The SMILES string of the molecule is O=C(CCCOc1ccc(Cl)cc1Cl)Nc1ccc(OCCCc2ccccc2)cc1. The molecule has 3 aromatic rings.